The maximum absolute atomic E-state index is 13.1. The van der Waals surface area contributed by atoms with E-state index in [2.05, 4.69) is 0 Å². The molecule has 12 atom stereocenters. The zero-order chi connectivity index (χ0) is 38.3. The van der Waals surface area contributed by atoms with Gasteiger partial charge in [-0.15, -0.1) is 0 Å². The van der Waals surface area contributed by atoms with E-state index in [0.717, 1.165) is 0 Å². The molecule has 0 spiro atoms. The number of carbonyl (C=O) groups excluding carboxylic acids is 2. The summed E-state index contributed by atoms with van der Waals surface area (Å²) in [6.45, 7) is 1.26. The Bertz CT molecular complexity index is 1430. The molecule has 2 aliphatic rings. The van der Waals surface area contributed by atoms with E-state index in [-0.39, 0.29) is 30.4 Å². The summed E-state index contributed by atoms with van der Waals surface area (Å²) in [7, 11) is 0. The van der Waals surface area contributed by atoms with Gasteiger partial charge in [0.15, 0.2) is 11.7 Å². The lowest BCUT2D eigenvalue weighted by molar-refractivity contribution is -0.277. The number of rotatable bonds is 15. The molecule has 1 unspecified atom stereocenters. The Morgan fingerprint density at radius 3 is 1.46 bits per heavy atom. The van der Waals surface area contributed by atoms with Crippen LogP contribution in [-0.2, 0) is 41.8 Å². The fourth-order valence-electron chi connectivity index (χ4n) is 5.56. The second kappa shape index (κ2) is 18.0. The molecular formula is C34H46O18. The minimum atomic E-state index is -2.68. The van der Waals surface area contributed by atoms with Crippen LogP contribution in [0.1, 0.15) is 31.4 Å². The van der Waals surface area contributed by atoms with Gasteiger partial charge in [-0.3, -0.25) is 0 Å². The Morgan fingerprint density at radius 1 is 0.673 bits per heavy atom. The van der Waals surface area contributed by atoms with Crippen LogP contribution in [0.4, 0.5) is 0 Å². The summed E-state index contributed by atoms with van der Waals surface area (Å²) in [6.07, 6.45) is -17.5. The SMILES string of the molecule is CC(C)C[C@](O)(C(=O)OCc1ccc(O[C@@H]2O[C@H](CO)[C@@H](O)[C@H](O)[C@H]2O)cc1)C(O)C(=O)OCc1ccc(O[C@@H]2O[C@H](CO)[C@@H](O)[C@H](O)[C@H]2O)cc1. The molecule has 0 bridgehead atoms. The van der Waals surface area contributed by atoms with Crippen LogP contribution < -0.4 is 9.47 Å². The van der Waals surface area contributed by atoms with Gasteiger partial charge in [-0.05, 0) is 47.7 Å². The Morgan fingerprint density at radius 2 is 1.08 bits per heavy atom. The third-order valence-electron chi connectivity index (χ3n) is 8.55. The quantitative estimate of drug-likeness (QED) is 0.0812. The molecular weight excluding hydrogens is 696 g/mol. The van der Waals surface area contributed by atoms with Crippen molar-refractivity contribution >= 4 is 11.9 Å². The lowest BCUT2D eigenvalue weighted by Crippen LogP contribution is -2.60. The molecule has 10 N–H and O–H groups in total. The Hall–Kier alpha value is -3.50. The van der Waals surface area contributed by atoms with Crippen molar-refractivity contribution in [3.8, 4) is 11.5 Å². The van der Waals surface area contributed by atoms with Crippen molar-refractivity contribution in [3.63, 3.8) is 0 Å². The lowest BCUT2D eigenvalue weighted by atomic mass is 9.87. The molecule has 2 saturated heterocycles. The van der Waals surface area contributed by atoms with Crippen LogP contribution in [0.5, 0.6) is 11.5 Å². The molecule has 290 valence electrons. The highest BCUT2D eigenvalue weighted by Gasteiger charge is 2.50. The first kappa shape index (κ1) is 41.3. The van der Waals surface area contributed by atoms with Gasteiger partial charge in [0, 0.05) is 0 Å². The molecule has 52 heavy (non-hydrogen) atoms. The van der Waals surface area contributed by atoms with Gasteiger partial charge in [0.05, 0.1) is 13.2 Å². The molecule has 0 amide bonds. The Labute approximate surface area is 297 Å². The first-order chi connectivity index (χ1) is 24.6. The molecule has 2 aliphatic heterocycles. The molecule has 0 aliphatic carbocycles. The van der Waals surface area contributed by atoms with Crippen molar-refractivity contribution in [3.05, 3.63) is 59.7 Å². The molecule has 4 rings (SSSR count). The predicted octanol–water partition coefficient (Wildman–Crippen LogP) is -3.03. The predicted molar refractivity (Wildman–Crippen MR) is 172 cm³/mol. The highest BCUT2D eigenvalue weighted by Crippen LogP contribution is 2.28. The number of aliphatic hydroxyl groups is 10. The number of hydrogen-bond donors (Lipinski definition) is 10. The Kier molecular flexibility index (Phi) is 14.3. The van der Waals surface area contributed by atoms with Gasteiger partial charge in [0.1, 0.15) is 73.5 Å². The fourth-order valence-corrected chi connectivity index (χ4v) is 5.56. The van der Waals surface area contributed by atoms with Gasteiger partial charge in [-0.2, -0.15) is 0 Å². The zero-order valence-electron chi connectivity index (χ0n) is 28.3. The number of esters is 2. The van der Waals surface area contributed by atoms with Crippen LogP contribution in [0.3, 0.4) is 0 Å². The van der Waals surface area contributed by atoms with Crippen LogP contribution in [0.25, 0.3) is 0 Å². The standard InChI is InChI=1S/C34H46O18/c1-16(2)11-34(46,33(45)48-15-18-5-9-20(10-6-18)50-32-28(42)26(40)24(38)22(13-36)52-32)29(43)30(44)47-14-17-3-7-19(8-4-17)49-31-27(41)25(39)23(37)21(12-35)51-31/h3-10,16,21-29,31-32,35-43,46H,11-15H2,1-2H3/t21-,22-,23-,24-,25+,26+,27-,28-,29?,31-,32-,34-/m1/s1. The number of benzene rings is 2. The molecule has 2 fully saturated rings. The molecule has 0 radical (unpaired) electrons. The number of hydrogen-bond acceptors (Lipinski definition) is 18. The summed E-state index contributed by atoms with van der Waals surface area (Å²) in [5.74, 6) is -2.66. The summed E-state index contributed by atoms with van der Waals surface area (Å²) in [6, 6.07) is 11.6. The van der Waals surface area contributed by atoms with Gasteiger partial charge in [0.25, 0.3) is 0 Å². The number of carbonyl (C=O) groups is 2. The molecule has 2 aromatic rings. The van der Waals surface area contributed by atoms with Crippen LogP contribution in [0.2, 0.25) is 0 Å². The zero-order valence-corrected chi connectivity index (χ0v) is 28.3. The van der Waals surface area contributed by atoms with Crippen molar-refractivity contribution in [2.75, 3.05) is 13.2 Å². The molecule has 0 saturated carbocycles. The van der Waals surface area contributed by atoms with E-state index in [9.17, 15) is 60.7 Å². The first-order valence-electron chi connectivity index (χ1n) is 16.5. The summed E-state index contributed by atoms with van der Waals surface area (Å²) >= 11 is 0. The van der Waals surface area contributed by atoms with E-state index in [1.165, 1.54) is 48.5 Å². The van der Waals surface area contributed by atoms with Crippen LogP contribution in [0.15, 0.2) is 48.5 Å². The topological polar surface area (TPSA) is 292 Å². The average Bonchev–Trinajstić information content (AvgIpc) is 3.13. The minimum absolute atomic E-state index is 0.157. The first-order valence-corrected chi connectivity index (χ1v) is 16.5. The van der Waals surface area contributed by atoms with Gasteiger partial charge in [0.2, 0.25) is 12.6 Å². The highest BCUT2D eigenvalue weighted by atomic mass is 16.7. The molecule has 2 aromatic carbocycles. The monoisotopic (exact) mass is 742 g/mol. The second-order valence-corrected chi connectivity index (χ2v) is 13.0. The van der Waals surface area contributed by atoms with Crippen LogP contribution in [-0.4, -0.2) is 149 Å². The smallest absolute Gasteiger partial charge is 0.341 e. The van der Waals surface area contributed by atoms with E-state index < -0.39 is 105 Å². The fraction of sp³-hybridized carbons (Fsp3) is 0.588. The van der Waals surface area contributed by atoms with Gasteiger partial charge >= 0.3 is 11.9 Å². The van der Waals surface area contributed by atoms with Gasteiger partial charge in [-0.1, -0.05) is 38.1 Å². The molecule has 18 heteroatoms. The molecule has 2 heterocycles. The minimum Gasteiger partial charge on any atom is -0.462 e. The summed E-state index contributed by atoms with van der Waals surface area (Å²) < 4.78 is 32.1. The van der Waals surface area contributed by atoms with Crippen molar-refractivity contribution in [2.45, 2.75) is 107 Å². The third kappa shape index (κ3) is 9.72. The van der Waals surface area contributed by atoms with E-state index in [4.69, 9.17) is 28.4 Å². The van der Waals surface area contributed by atoms with Crippen molar-refractivity contribution < 1.29 is 89.1 Å². The molecule has 18 nitrogen and oxygen atoms in total. The number of aliphatic hydroxyl groups excluding tert-OH is 9. The second-order valence-electron chi connectivity index (χ2n) is 13.0. The van der Waals surface area contributed by atoms with Crippen LogP contribution >= 0.6 is 0 Å². The van der Waals surface area contributed by atoms with E-state index in [0.29, 0.717) is 11.1 Å². The lowest BCUT2D eigenvalue weighted by Gasteiger charge is -2.39. The highest BCUT2D eigenvalue weighted by molar-refractivity contribution is 5.89. The summed E-state index contributed by atoms with van der Waals surface area (Å²) in [4.78, 5) is 26.0. The largest absolute Gasteiger partial charge is 0.462 e. The van der Waals surface area contributed by atoms with Crippen molar-refractivity contribution in [1.82, 2.24) is 0 Å². The number of ether oxygens (including phenoxy) is 6. The van der Waals surface area contributed by atoms with Crippen molar-refractivity contribution in [2.24, 2.45) is 5.92 Å². The Balaban J connectivity index is 1.31. The van der Waals surface area contributed by atoms with Crippen LogP contribution in [0, 0.1) is 5.92 Å². The average molecular weight is 743 g/mol. The van der Waals surface area contributed by atoms with E-state index in [1.807, 2.05) is 0 Å². The van der Waals surface area contributed by atoms with Gasteiger partial charge in [-0.25, -0.2) is 9.59 Å². The maximum Gasteiger partial charge on any atom is 0.341 e. The van der Waals surface area contributed by atoms with Crippen molar-refractivity contribution in [1.29, 1.82) is 0 Å². The summed E-state index contributed by atoms with van der Waals surface area (Å²) in [5, 5.41) is 101. The third-order valence-corrected chi connectivity index (χ3v) is 8.55. The summed E-state index contributed by atoms with van der Waals surface area (Å²) in [5.41, 5.74) is -1.88. The van der Waals surface area contributed by atoms with E-state index in [1.54, 1.807) is 13.8 Å². The maximum atomic E-state index is 13.1. The van der Waals surface area contributed by atoms with Gasteiger partial charge < -0.3 is 79.5 Å². The van der Waals surface area contributed by atoms with E-state index >= 15 is 0 Å². The normalized spacial score (nSPS) is 30.9. The molecule has 0 aromatic heterocycles.